The lowest BCUT2D eigenvalue weighted by Crippen LogP contribution is -2.69. The van der Waals surface area contributed by atoms with Crippen LogP contribution in [0.2, 0.25) is 0 Å². The van der Waals surface area contributed by atoms with Crippen molar-refractivity contribution in [1.82, 2.24) is 10.6 Å². The fourth-order valence-corrected chi connectivity index (χ4v) is 5.92. The van der Waals surface area contributed by atoms with Gasteiger partial charge in [0.2, 0.25) is 5.91 Å². The van der Waals surface area contributed by atoms with Gasteiger partial charge >= 0.3 is 5.97 Å². The molecular weight excluding hydrogens is 546 g/mol. The van der Waals surface area contributed by atoms with Gasteiger partial charge < -0.3 is 21.1 Å². The molecule has 0 spiro atoms. The molecule has 8 heteroatoms. The van der Waals surface area contributed by atoms with Crippen molar-refractivity contribution in [1.29, 1.82) is 0 Å². The van der Waals surface area contributed by atoms with Gasteiger partial charge in [0, 0.05) is 18.8 Å². The quantitative estimate of drug-likeness (QED) is 0.247. The molecule has 7 nitrogen and oxygen atoms in total. The first-order chi connectivity index (χ1) is 20.3. The molecule has 0 aliphatic heterocycles. The van der Waals surface area contributed by atoms with Gasteiger partial charge in [0.25, 0.3) is 5.91 Å². The number of thioether (sulfide) groups is 1. The SMILES string of the molecule is CSCCC([NH3+])C(=O)NC(CC(C)C)C(=O)NC(Cc1ccccc1)C(=O)OCC1c2ccccc2-c2ccccc21. The van der Waals surface area contributed by atoms with E-state index in [4.69, 9.17) is 4.74 Å². The van der Waals surface area contributed by atoms with E-state index in [0.29, 0.717) is 12.8 Å². The van der Waals surface area contributed by atoms with E-state index in [1.165, 1.54) is 0 Å². The molecule has 0 heterocycles. The Morgan fingerprint density at radius 3 is 2.00 bits per heavy atom. The molecule has 42 heavy (non-hydrogen) atoms. The van der Waals surface area contributed by atoms with Crippen molar-refractivity contribution in [3.05, 3.63) is 95.6 Å². The Hall–Kier alpha value is -3.62. The van der Waals surface area contributed by atoms with E-state index in [2.05, 4.69) is 40.6 Å². The van der Waals surface area contributed by atoms with E-state index in [1.807, 2.05) is 74.7 Å². The zero-order chi connectivity index (χ0) is 30.1. The topological polar surface area (TPSA) is 112 Å². The van der Waals surface area contributed by atoms with Crippen LogP contribution in [0.5, 0.6) is 0 Å². The van der Waals surface area contributed by atoms with E-state index in [1.54, 1.807) is 11.8 Å². The number of fused-ring (bicyclic) bond motifs is 3. The second-order valence-corrected chi connectivity index (χ2v) is 12.3. The largest absolute Gasteiger partial charge is 0.463 e. The zero-order valence-electron chi connectivity index (χ0n) is 24.7. The van der Waals surface area contributed by atoms with Gasteiger partial charge in [-0.2, -0.15) is 11.8 Å². The highest BCUT2D eigenvalue weighted by Crippen LogP contribution is 2.44. The summed E-state index contributed by atoms with van der Waals surface area (Å²) in [5.41, 5.74) is 9.42. The summed E-state index contributed by atoms with van der Waals surface area (Å²) in [6, 6.07) is 23.8. The van der Waals surface area contributed by atoms with E-state index < -0.39 is 30.0 Å². The molecule has 3 unspecified atom stereocenters. The molecule has 0 fully saturated rings. The Bertz CT molecular complexity index is 1320. The standard InChI is InChI=1S/C34H41N3O4S/c1-22(2)19-30(36-32(38)29(35)17-18-42-3)33(39)37-31(20-23-11-5-4-6-12-23)34(40)41-21-28-26-15-9-7-13-24(26)25-14-8-10-16-27(25)28/h4-16,22,28-31H,17-21,35H2,1-3H3,(H,36,38)(H,37,39)/p+1. The smallest absolute Gasteiger partial charge is 0.329 e. The maximum atomic E-state index is 13.6. The Morgan fingerprint density at radius 2 is 1.40 bits per heavy atom. The number of hydrogen-bond donors (Lipinski definition) is 3. The van der Waals surface area contributed by atoms with Gasteiger partial charge in [0.1, 0.15) is 18.7 Å². The number of rotatable bonds is 14. The van der Waals surface area contributed by atoms with Gasteiger partial charge in [-0.15, -0.1) is 0 Å². The van der Waals surface area contributed by atoms with Crippen molar-refractivity contribution in [2.45, 2.75) is 57.2 Å². The molecular formula is C34H42N3O4S+. The first kappa shape index (κ1) is 31.3. The van der Waals surface area contributed by atoms with Crippen molar-refractivity contribution < 1.29 is 24.9 Å². The van der Waals surface area contributed by atoms with Crippen molar-refractivity contribution in [2.24, 2.45) is 5.92 Å². The lowest BCUT2D eigenvalue weighted by atomic mass is 9.98. The van der Waals surface area contributed by atoms with E-state index in [0.717, 1.165) is 33.6 Å². The molecule has 2 amide bonds. The summed E-state index contributed by atoms with van der Waals surface area (Å²) in [4.78, 5) is 40.1. The Balaban J connectivity index is 1.50. The van der Waals surface area contributed by atoms with Crippen LogP contribution in [0.15, 0.2) is 78.9 Å². The summed E-state index contributed by atoms with van der Waals surface area (Å²) in [5, 5.41) is 5.81. The molecule has 0 radical (unpaired) electrons. The summed E-state index contributed by atoms with van der Waals surface area (Å²) in [6.45, 7) is 4.16. The van der Waals surface area contributed by atoms with Crippen LogP contribution >= 0.6 is 11.8 Å². The number of ether oxygens (including phenoxy) is 1. The van der Waals surface area contributed by atoms with Crippen molar-refractivity contribution in [2.75, 3.05) is 18.6 Å². The third kappa shape index (κ3) is 8.01. The number of carbonyl (C=O) groups excluding carboxylic acids is 3. The van der Waals surface area contributed by atoms with Gasteiger partial charge in [-0.1, -0.05) is 92.7 Å². The summed E-state index contributed by atoms with van der Waals surface area (Å²) in [5.74, 6) is -0.285. The number of carbonyl (C=O) groups is 3. The average Bonchev–Trinajstić information content (AvgIpc) is 3.31. The van der Waals surface area contributed by atoms with Crippen molar-refractivity contribution >= 4 is 29.5 Å². The maximum absolute atomic E-state index is 13.6. The summed E-state index contributed by atoms with van der Waals surface area (Å²) in [6.07, 6.45) is 3.32. The van der Waals surface area contributed by atoms with Crippen LogP contribution in [0, 0.1) is 5.92 Å². The minimum Gasteiger partial charge on any atom is -0.463 e. The van der Waals surface area contributed by atoms with Crippen LogP contribution in [-0.2, 0) is 25.5 Å². The molecule has 1 aliphatic carbocycles. The first-order valence-corrected chi connectivity index (χ1v) is 16.0. The minimum absolute atomic E-state index is 0.0855. The number of nitrogens with one attached hydrogen (secondary N) is 2. The third-order valence-corrected chi connectivity index (χ3v) is 8.26. The molecule has 3 atom stereocenters. The average molecular weight is 589 g/mol. The minimum atomic E-state index is -0.912. The second kappa shape index (κ2) is 15.0. The van der Waals surface area contributed by atoms with Crippen LogP contribution in [-0.4, -0.2) is 54.5 Å². The van der Waals surface area contributed by atoms with Crippen LogP contribution < -0.4 is 16.4 Å². The zero-order valence-corrected chi connectivity index (χ0v) is 25.5. The molecule has 0 bridgehead atoms. The molecule has 5 N–H and O–H groups in total. The molecule has 3 aromatic rings. The highest BCUT2D eigenvalue weighted by Gasteiger charge is 2.33. The Labute approximate surface area is 253 Å². The summed E-state index contributed by atoms with van der Waals surface area (Å²) < 4.78 is 5.95. The predicted molar refractivity (Wildman–Crippen MR) is 168 cm³/mol. The molecule has 222 valence electrons. The normalized spacial score (nSPS) is 14.4. The van der Waals surface area contributed by atoms with E-state index in [9.17, 15) is 14.4 Å². The summed E-state index contributed by atoms with van der Waals surface area (Å²) in [7, 11) is 0. The van der Waals surface area contributed by atoms with Gasteiger partial charge in [0.15, 0.2) is 6.04 Å². The van der Waals surface area contributed by atoms with Crippen molar-refractivity contribution in [3.63, 3.8) is 0 Å². The molecule has 1 aliphatic rings. The van der Waals surface area contributed by atoms with Crippen LogP contribution in [0.25, 0.3) is 11.1 Å². The lowest BCUT2D eigenvalue weighted by Gasteiger charge is -2.25. The Kier molecular flexibility index (Phi) is 11.2. The van der Waals surface area contributed by atoms with Crippen LogP contribution in [0.3, 0.4) is 0 Å². The first-order valence-electron chi connectivity index (χ1n) is 14.6. The van der Waals surface area contributed by atoms with Gasteiger partial charge in [-0.25, -0.2) is 4.79 Å². The van der Waals surface area contributed by atoms with Crippen LogP contribution in [0.1, 0.15) is 49.3 Å². The number of benzene rings is 3. The monoisotopic (exact) mass is 588 g/mol. The number of quaternary nitrogens is 1. The van der Waals surface area contributed by atoms with Gasteiger partial charge in [0.05, 0.1) is 0 Å². The number of hydrogen-bond acceptors (Lipinski definition) is 5. The van der Waals surface area contributed by atoms with Crippen molar-refractivity contribution in [3.8, 4) is 11.1 Å². The highest BCUT2D eigenvalue weighted by atomic mass is 32.2. The van der Waals surface area contributed by atoms with Gasteiger partial charge in [-0.3, -0.25) is 9.59 Å². The number of esters is 1. The molecule has 0 saturated carbocycles. The van der Waals surface area contributed by atoms with Crippen LogP contribution in [0.4, 0.5) is 0 Å². The van der Waals surface area contributed by atoms with E-state index >= 15 is 0 Å². The maximum Gasteiger partial charge on any atom is 0.329 e. The van der Waals surface area contributed by atoms with Gasteiger partial charge in [-0.05, 0) is 52.2 Å². The predicted octanol–water partition coefficient (Wildman–Crippen LogP) is 3.96. The molecule has 4 rings (SSSR count). The fourth-order valence-electron chi connectivity index (χ4n) is 5.40. The van der Waals surface area contributed by atoms with E-state index in [-0.39, 0.29) is 30.8 Å². The third-order valence-electron chi connectivity index (χ3n) is 7.62. The lowest BCUT2D eigenvalue weighted by molar-refractivity contribution is -0.404. The second-order valence-electron chi connectivity index (χ2n) is 11.3. The summed E-state index contributed by atoms with van der Waals surface area (Å²) >= 11 is 1.65. The Morgan fingerprint density at radius 1 is 0.833 bits per heavy atom. The highest BCUT2D eigenvalue weighted by molar-refractivity contribution is 7.98. The molecule has 0 saturated heterocycles. The molecule has 3 aromatic carbocycles. The fraction of sp³-hybridized carbons (Fsp3) is 0.382. The molecule has 0 aromatic heterocycles. The number of amides is 2.